The number of pyridine rings is 1. The average molecular weight is 588 g/mol. The number of aryl methyl sites for hydroxylation is 1. The van der Waals surface area contributed by atoms with E-state index in [1.165, 1.54) is 42.1 Å². The van der Waals surface area contributed by atoms with Crippen LogP contribution < -0.4 is 21.3 Å². The maximum absolute atomic E-state index is 13.3. The molecule has 2 aromatic heterocycles. The fourth-order valence-electron chi connectivity index (χ4n) is 4.40. The molecule has 1 amide bonds. The highest BCUT2D eigenvalue weighted by atomic mass is 35.5. The lowest BCUT2D eigenvalue weighted by Gasteiger charge is -2.21. The number of nitrogens with zero attached hydrogens (tertiary/aromatic N) is 3. The van der Waals surface area contributed by atoms with Crippen LogP contribution in [0.4, 0.5) is 18.9 Å². The smallest absolute Gasteiger partial charge is 0.454 e. The Bertz CT molecular complexity index is 1740. The Morgan fingerprint density at radius 2 is 1.88 bits per heavy atom. The molecule has 41 heavy (non-hydrogen) atoms. The molecular weight excluding hydrogens is 563 g/mol. The van der Waals surface area contributed by atoms with Crippen LogP contribution in [0.1, 0.15) is 24.9 Å². The number of fused-ring (bicyclic) bond motifs is 1. The van der Waals surface area contributed by atoms with Crippen LogP contribution in [0.15, 0.2) is 65.7 Å². The Labute approximate surface area is 237 Å². The molecule has 0 bridgehead atoms. The highest BCUT2D eigenvalue weighted by Gasteiger charge is 2.37. The highest BCUT2D eigenvalue weighted by Crippen LogP contribution is 2.36. The first-order valence-electron chi connectivity index (χ1n) is 12.3. The first kappa shape index (κ1) is 29.4. The molecule has 9 nitrogen and oxygen atoms in total. The number of ether oxygens (including phenoxy) is 1. The average Bonchev–Trinajstić information content (AvgIpc) is 3.28. The van der Waals surface area contributed by atoms with Crippen molar-refractivity contribution in [2.45, 2.75) is 25.6 Å². The number of nitrogens with one attached hydrogen (secondary N) is 1. The maximum atomic E-state index is 13.3. The van der Waals surface area contributed by atoms with Gasteiger partial charge in [0, 0.05) is 58.3 Å². The number of carbonyl (C=O) groups is 2. The van der Waals surface area contributed by atoms with Gasteiger partial charge in [-0.05, 0) is 42.3 Å². The molecule has 0 aliphatic heterocycles. The molecule has 3 N–H and O–H groups in total. The minimum Gasteiger partial charge on any atom is -0.495 e. The summed E-state index contributed by atoms with van der Waals surface area (Å²) in [6.45, 7) is 1.74. The second kappa shape index (κ2) is 11.5. The molecule has 1 unspecified atom stereocenters. The Morgan fingerprint density at radius 3 is 2.54 bits per heavy atom. The van der Waals surface area contributed by atoms with Crippen molar-refractivity contribution in [2.75, 3.05) is 12.4 Å². The Kier molecular flexibility index (Phi) is 8.24. The van der Waals surface area contributed by atoms with Crippen molar-refractivity contribution < 1.29 is 27.5 Å². The van der Waals surface area contributed by atoms with E-state index < -0.39 is 35.2 Å². The van der Waals surface area contributed by atoms with E-state index in [0.29, 0.717) is 5.69 Å². The molecule has 0 aliphatic rings. The molecule has 0 radical (unpaired) electrons. The zero-order valence-electron chi connectivity index (χ0n) is 22.1. The summed E-state index contributed by atoms with van der Waals surface area (Å²) >= 11 is 6.16. The Hall–Kier alpha value is -4.58. The van der Waals surface area contributed by atoms with E-state index in [-0.39, 0.29) is 40.0 Å². The molecule has 13 heteroatoms. The van der Waals surface area contributed by atoms with Gasteiger partial charge in [0.1, 0.15) is 11.8 Å². The number of hydrogen-bond acceptors (Lipinski definition) is 6. The van der Waals surface area contributed by atoms with Crippen molar-refractivity contribution >= 4 is 45.6 Å². The van der Waals surface area contributed by atoms with Gasteiger partial charge < -0.3 is 15.8 Å². The molecule has 0 saturated heterocycles. The molecular formula is C28H25ClF3N5O4. The van der Waals surface area contributed by atoms with Gasteiger partial charge in [0.2, 0.25) is 5.91 Å². The largest absolute Gasteiger partial charge is 0.495 e. The van der Waals surface area contributed by atoms with Crippen molar-refractivity contribution in [3.63, 3.8) is 0 Å². The van der Waals surface area contributed by atoms with Crippen LogP contribution in [0.2, 0.25) is 5.02 Å². The fraction of sp³-hybridized carbons (Fsp3) is 0.214. The van der Waals surface area contributed by atoms with E-state index in [1.54, 1.807) is 43.0 Å². The Morgan fingerprint density at radius 1 is 1.15 bits per heavy atom. The van der Waals surface area contributed by atoms with Gasteiger partial charge in [-0.3, -0.25) is 23.6 Å². The number of amides is 1. The molecule has 0 fully saturated rings. The van der Waals surface area contributed by atoms with Crippen molar-refractivity contribution in [1.29, 1.82) is 0 Å². The predicted molar refractivity (Wildman–Crippen MR) is 150 cm³/mol. The number of methoxy groups -OCH3 is 1. The number of nitrogens with two attached hydrogens (primary N) is 1. The van der Waals surface area contributed by atoms with Crippen LogP contribution in [0.5, 0.6) is 5.75 Å². The molecule has 2 heterocycles. The SMILES string of the molecule is CCC(C(=O)Nc1ccc2nn(C)cc2c1)n1cc(OC)c(-c2cc(Cl)ccc2C(N)=CC(=O)C(F)(F)F)cc1=O. The minimum atomic E-state index is -5.12. The first-order valence-corrected chi connectivity index (χ1v) is 12.6. The third-order valence-electron chi connectivity index (χ3n) is 6.32. The molecule has 4 aromatic rings. The lowest BCUT2D eigenvalue weighted by Crippen LogP contribution is -2.32. The van der Waals surface area contributed by atoms with Crippen LogP contribution in [0, 0.1) is 0 Å². The minimum absolute atomic E-state index is 0.0260. The second-order valence-electron chi connectivity index (χ2n) is 9.14. The van der Waals surface area contributed by atoms with Gasteiger partial charge in [-0.1, -0.05) is 24.6 Å². The number of aromatic nitrogens is 3. The number of hydrogen-bond donors (Lipinski definition) is 2. The second-order valence-corrected chi connectivity index (χ2v) is 9.58. The summed E-state index contributed by atoms with van der Waals surface area (Å²) in [7, 11) is 3.11. The third-order valence-corrected chi connectivity index (χ3v) is 6.56. The van der Waals surface area contributed by atoms with Gasteiger partial charge in [0.05, 0.1) is 18.8 Å². The summed E-state index contributed by atoms with van der Waals surface area (Å²) in [5.41, 5.74) is 6.41. The summed E-state index contributed by atoms with van der Waals surface area (Å²) in [5, 5.41) is 8.14. The lowest BCUT2D eigenvalue weighted by atomic mass is 9.97. The zero-order chi connectivity index (χ0) is 30.1. The number of rotatable bonds is 8. The van der Waals surface area contributed by atoms with Crippen molar-refractivity contribution in [2.24, 2.45) is 12.8 Å². The number of halogens is 4. The number of ketones is 1. The van der Waals surface area contributed by atoms with Gasteiger partial charge in [0.15, 0.2) is 0 Å². The Balaban J connectivity index is 1.73. The van der Waals surface area contributed by atoms with E-state index in [2.05, 4.69) is 10.4 Å². The van der Waals surface area contributed by atoms with Gasteiger partial charge in [0.25, 0.3) is 11.3 Å². The topological polar surface area (TPSA) is 121 Å². The zero-order valence-corrected chi connectivity index (χ0v) is 22.9. The number of alkyl halides is 3. The quantitative estimate of drug-likeness (QED) is 0.277. The number of anilines is 1. The van der Waals surface area contributed by atoms with Gasteiger partial charge in [-0.15, -0.1) is 0 Å². The molecule has 214 valence electrons. The normalized spacial score (nSPS) is 12.8. The van der Waals surface area contributed by atoms with E-state index in [9.17, 15) is 27.6 Å². The van der Waals surface area contributed by atoms with Gasteiger partial charge in [-0.2, -0.15) is 18.3 Å². The molecule has 0 spiro atoms. The molecule has 0 saturated carbocycles. The van der Waals surface area contributed by atoms with Crippen LogP contribution >= 0.6 is 11.6 Å². The molecule has 1 atom stereocenters. The summed E-state index contributed by atoms with van der Waals surface area (Å²) in [4.78, 5) is 38.1. The van der Waals surface area contributed by atoms with Gasteiger partial charge in [-0.25, -0.2) is 0 Å². The molecule has 4 rings (SSSR count). The lowest BCUT2D eigenvalue weighted by molar-refractivity contribution is -0.165. The third kappa shape index (κ3) is 6.27. The number of benzene rings is 2. The van der Waals surface area contributed by atoms with Crippen molar-refractivity contribution in [3.8, 4) is 16.9 Å². The van der Waals surface area contributed by atoms with Crippen LogP contribution in [0.3, 0.4) is 0 Å². The van der Waals surface area contributed by atoms with Crippen LogP contribution in [-0.4, -0.2) is 39.3 Å². The summed E-state index contributed by atoms with van der Waals surface area (Å²) < 4.78 is 46.9. The van der Waals surface area contributed by atoms with E-state index in [1.807, 2.05) is 0 Å². The van der Waals surface area contributed by atoms with Crippen molar-refractivity contribution in [1.82, 2.24) is 14.3 Å². The van der Waals surface area contributed by atoms with E-state index in [4.69, 9.17) is 22.1 Å². The van der Waals surface area contributed by atoms with Gasteiger partial charge >= 0.3 is 6.18 Å². The van der Waals surface area contributed by atoms with E-state index in [0.717, 1.165) is 10.9 Å². The maximum Gasteiger partial charge on any atom is 0.454 e. The van der Waals surface area contributed by atoms with Crippen LogP contribution in [-0.2, 0) is 16.6 Å². The van der Waals surface area contributed by atoms with E-state index >= 15 is 0 Å². The highest BCUT2D eigenvalue weighted by molar-refractivity contribution is 6.31. The number of allylic oxidation sites excluding steroid dienone is 1. The van der Waals surface area contributed by atoms with Crippen LogP contribution in [0.25, 0.3) is 27.7 Å². The predicted octanol–water partition coefficient (Wildman–Crippen LogP) is 5.08. The summed E-state index contributed by atoms with van der Waals surface area (Å²) in [6.07, 6.45) is -1.46. The number of carbonyl (C=O) groups excluding carboxylic acids is 2. The van der Waals surface area contributed by atoms with Crippen molar-refractivity contribution in [3.05, 3.63) is 81.9 Å². The molecule has 0 aliphatic carbocycles. The first-order chi connectivity index (χ1) is 19.3. The monoisotopic (exact) mass is 587 g/mol. The fourth-order valence-corrected chi connectivity index (χ4v) is 4.57. The molecule has 2 aromatic carbocycles. The summed E-state index contributed by atoms with van der Waals surface area (Å²) in [5.74, 6) is -2.47. The standard InChI is InChI=1S/C28H25ClF3N5O4/c1-4-23(27(40)34-17-6-8-22-15(9-17)13-36(2)35-22)37-14-24(41-3)20(11-26(37)39)19-10-16(29)5-7-18(19)21(33)12-25(38)28(30,31)32/h5-14,23H,4,33H2,1-3H3,(H,34,40). The summed E-state index contributed by atoms with van der Waals surface area (Å²) in [6, 6.07) is 9.58.